The molecule has 1 N–H and O–H groups in total. The number of para-hydroxylation sites is 2. The summed E-state index contributed by atoms with van der Waals surface area (Å²) in [7, 11) is 1.63. The molecule has 8 heteroatoms. The summed E-state index contributed by atoms with van der Waals surface area (Å²) in [5.74, 6) is 1.22. The van der Waals surface area contributed by atoms with Crippen molar-refractivity contribution in [1.82, 2.24) is 15.1 Å². The third-order valence-electron chi connectivity index (χ3n) is 3.47. The van der Waals surface area contributed by atoms with Crippen molar-refractivity contribution in [2.45, 2.75) is 44.1 Å². The monoisotopic (exact) mass is 380 g/mol. The lowest BCUT2D eigenvalue weighted by atomic mass is 10.2. The second kappa shape index (κ2) is 9.05. The first-order chi connectivity index (χ1) is 11.9. The van der Waals surface area contributed by atoms with Crippen LogP contribution in [-0.4, -0.2) is 46.0 Å². The lowest BCUT2D eigenvalue weighted by Crippen LogP contribution is -2.43. The molecule has 0 spiro atoms. The van der Waals surface area contributed by atoms with Gasteiger partial charge < -0.3 is 15.0 Å². The highest BCUT2D eigenvalue weighted by molar-refractivity contribution is 8.01. The van der Waals surface area contributed by atoms with Crippen LogP contribution in [0.3, 0.4) is 0 Å². The van der Waals surface area contributed by atoms with Crippen LogP contribution in [0.4, 0.5) is 10.8 Å². The van der Waals surface area contributed by atoms with E-state index in [2.05, 4.69) is 15.5 Å². The molecule has 0 fully saturated rings. The van der Waals surface area contributed by atoms with Gasteiger partial charge in [-0.25, -0.2) is 0 Å². The third-order valence-corrected chi connectivity index (χ3v) is 5.43. The first-order valence-corrected chi connectivity index (χ1v) is 9.90. The molecule has 2 aromatic rings. The maximum Gasteiger partial charge on any atom is 0.233 e. The predicted octanol–water partition coefficient (Wildman–Crippen LogP) is 4.03. The van der Waals surface area contributed by atoms with Gasteiger partial charge in [0.15, 0.2) is 4.34 Å². The number of carbonyl (C=O) groups is 1. The number of rotatable bonds is 8. The molecule has 0 unspecified atom stereocenters. The SMILES string of the molecule is COc1ccccc1Nc1nnc(SCC(=O)N(C(C)C)C(C)C)s1. The molecule has 0 bridgehead atoms. The number of nitrogens with zero attached hydrogens (tertiary/aromatic N) is 3. The molecular weight excluding hydrogens is 356 g/mol. The number of amides is 1. The largest absolute Gasteiger partial charge is 0.495 e. The number of anilines is 2. The zero-order valence-corrected chi connectivity index (χ0v) is 16.8. The van der Waals surface area contributed by atoms with Gasteiger partial charge in [0.25, 0.3) is 0 Å². The van der Waals surface area contributed by atoms with E-state index in [1.165, 1.54) is 23.1 Å². The summed E-state index contributed by atoms with van der Waals surface area (Å²) in [6, 6.07) is 8.00. The van der Waals surface area contributed by atoms with Crippen molar-refractivity contribution in [3.8, 4) is 5.75 Å². The number of methoxy groups -OCH3 is 1. The Morgan fingerprint density at radius 3 is 2.56 bits per heavy atom. The van der Waals surface area contributed by atoms with Gasteiger partial charge in [0.2, 0.25) is 11.0 Å². The van der Waals surface area contributed by atoms with Crippen LogP contribution < -0.4 is 10.1 Å². The Hall–Kier alpha value is -1.80. The first kappa shape index (κ1) is 19.5. The van der Waals surface area contributed by atoms with Crippen molar-refractivity contribution in [3.05, 3.63) is 24.3 Å². The molecule has 136 valence electrons. The fourth-order valence-electron chi connectivity index (χ4n) is 2.55. The Kier molecular flexibility index (Phi) is 7.07. The Morgan fingerprint density at radius 1 is 1.24 bits per heavy atom. The smallest absolute Gasteiger partial charge is 0.233 e. The standard InChI is InChI=1S/C17H24N4O2S2/c1-11(2)21(12(3)4)15(22)10-24-17-20-19-16(25-17)18-13-8-6-7-9-14(13)23-5/h6-9,11-12H,10H2,1-5H3,(H,18,19). The van der Waals surface area contributed by atoms with Crippen LogP contribution in [0.5, 0.6) is 5.75 Å². The summed E-state index contributed by atoms with van der Waals surface area (Å²) in [4.78, 5) is 14.3. The van der Waals surface area contributed by atoms with E-state index in [1.807, 2.05) is 56.9 Å². The molecule has 6 nitrogen and oxygen atoms in total. The van der Waals surface area contributed by atoms with E-state index in [9.17, 15) is 4.79 Å². The lowest BCUT2D eigenvalue weighted by molar-refractivity contribution is -0.131. The molecule has 2 rings (SSSR count). The number of carbonyl (C=O) groups excluding carboxylic acids is 1. The molecule has 1 aromatic carbocycles. The summed E-state index contributed by atoms with van der Waals surface area (Å²) < 4.78 is 6.08. The Labute approximate surface area is 157 Å². The number of hydrogen-bond acceptors (Lipinski definition) is 7. The maximum absolute atomic E-state index is 12.4. The summed E-state index contributed by atoms with van der Waals surface area (Å²) in [6.07, 6.45) is 0. The molecule has 25 heavy (non-hydrogen) atoms. The van der Waals surface area contributed by atoms with Crippen molar-refractivity contribution in [1.29, 1.82) is 0 Å². The highest BCUT2D eigenvalue weighted by Gasteiger charge is 2.20. The van der Waals surface area contributed by atoms with Crippen LogP contribution in [0.15, 0.2) is 28.6 Å². The zero-order chi connectivity index (χ0) is 18.4. The number of benzene rings is 1. The quantitative estimate of drug-likeness (QED) is 0.698. The van der Waals surface area contributed by atoms with Crippen LogP contribution in [0.25, 0.3) is 0 Å². The van der Waals surface area contributed by atoms with Crippen LogP contribution in [0.1, 0.15) is 27.7 Å². The van der Waals surface area contributed by atoms with E-state index in [1.54, 1.807) is 7.11 Å². The van der Waals surface area contributed by atoms with Crippen molar-refractivity contribution in [2.24, 2.45) is 0 Å². The summed E-state index contributed by atoms with van der Waals surface area (Å²) in [6.45, 7) is 8.12. The first-order valence-electron chi connectivity index (χ1n) is 8.10. The highest BCUT2D eigenvalue weighted by Crippen LogP contribution is 2.31. The number of aromatic nitrogens is 2. The van der Waals surface area contributed by atoms with Crippen LogP contribution in [-0.2, 0) is 4.79 Å². The fourth-order valence-corrected chi connectivity index (χ4v) is 4.19. The Bertz CT molecular complexity index is 695. The van der Waals surface area contributed by atoms with Gasteiger partial charge in [0.05, 0.1) is 18.6 Å². The van der Waals surface area contributed by atoms with Gasteiger partial charge in [-0.05, 0) is 39.8 Å². The molecular formula is C17H24N4O2S2. The molecule has 0 saturated carbocycles. The van der Waals surface area contributed by atoms with E-state index >= 15 is 0 Å². The zero-order valence-electron chi connectivity index (χ0n) is 15.1. The molecule has 0 saturated heterocycles. The molecule has 0 radical (unpaired) electrons. The normalized spacial score (nSPS) is 11.0. The average molecular weight is 381 g/mol. The molecule has 0 aliphatic rings. The van der Waals surface area contributed by atoms with Crippen molar-refractivity contribution < 1.29 is 9.53 Å². The second-order valence-electron chi connectivity index (χ2n) is 5.98. The third kappa shape index (κ3) is 5.34. The molecule has 0 aliphatic heterocycles. The number of thioether (sulfide) groups is 1. The van der Waals surface area contributed by atoms with Gasteiger partial charge in [0.1, 0.15) is 5.75 Å². The van der Waals surface area contributed by atoms with Gasteiger partial charge in [-0.1, -0.05) is 35.2 Å². The minimum Gasteiger partial charge on any atom is -0.495 e. The molecule has 1 amide bonds. The number of nitrogens with one attached hydrogen (secondary N) is 1. The molecule has 0 aliphatic carbocycles. The topological polar surface area (TPSA) is 67.3 Å². The maximum atomic E-state index is 12.4. The fraction of sp³-hybridized carbons (Fsp3) is 0.471. The number of ether oxygens (including phenoxy) is 1. The van der Waals surface area contributed by atoms with E-state index in [0.29, 0.717) is 10.9 Å². The highest BCUT2D eigenvalue weighted by atomic mass is 32.2. The van der Waals surface area contributed by atoms with E-state index in [-0.39, 0.29) is 18.0 Å². The lowest BCUT2D eigenvalue weighted by Gasteiger charge is -2.30. The Balaban J connectivity index is 1.96. The van der Waals surface area contributed by atoms with Gasteiger partial charge in [0, 0.05) is 12.1 Å². The van der Waals surface area contributed by atoms with Crippen molar-refractivity contribution >= 4 is 39.8 Å². The van der Waals surface area contributed by atoms with Crippen molar-refractivity contribution in [2.75, 3.05) is 18.2 Å². The summed E-state index contributed by atoms with van der Waals surface area (Å²) >= 11 is 2.84. The average Bonchev–Trinajstić information content (AvgIpc) is 3.00. The minimum absolute atomic E-state index is 0.115. The minimum atomic E-state index is 0.115. The Morgan fingerprint density at radius 2 is 1.92 bits per heavy atom. The van der Waals surface area contributed by atoms with Gasteiger partial charge >= 0.3 is 0 Å². The van der Waals surface area contributed by atoms with E-state index in [4.69, 9.17) is 4.74 Å². The second-order valence-corrected chi connectivity index (χ2v) is 8.18. The van der Waals surface area contributed by atoms with E-state index in [0.717, 1.165) is 15.8 Å². The van der Waals surface area contributed by atoms with Crippen LogP contribution in [0, 0.1) is 0 Å². The van der Waals surface area contributed by atoms with Crippen LogP contribution in [0.2, 0.25) is 0 Å². The van der Waals surface area contributed by atoms with Gasteiger partial charge in [-0.3, -0.25) is 4.79 Å². The molecule has 1 aromatic heterocycles. The van der Waals surface area contributed by atoms with Crippen LogP contribution >= 0.6 is 23.1 Å². The molecule has 0 atom stereocenters. The molecule has 1 heterocycles. The van der Waals surface area contributed by atoms with Crippen molar-refractivity contribution in [3.63, 3.8) is 0 Å². The summed E-state index contributed by atoms with van der Waals surface area (Å²) in [5, 5.41) is 12.2. The van der Waals surface area contributed by atoms with Gasteiger partial charge in [-0.15, -0.1) is 10.2 Å². The van der Waals surface area contributed by atoms with Gasteiger partial charge in [-0.2, -0.15) is 0 Å². The number of hydrogen-bond donors (Lipinski definition) is 1. The predicted molar refractivity (Wildman–Crippen MR) is 104 cm³/mol. The van der Waals surface area contributed by atoms with E-state index < -0.39 is 0 Å². The summed E-state index contributed by atoms with van der Waals surface area (Å²) in [5.41, 5.74) is 0.833.